The summed E-state index contributed by atoms with van der Waals surface area (Å²) in [6.07, 6.45) is 0. The number of carboxylic acid groups (broad SMARTS) is 1. The van der Waals surface area contributed by atoms with Gasteiger partial charge in [-0.25, -0.2) is 4.79 Å². The van der Waals surface area contributed by atoms with E-state index in [-0.39, 0.29) is 5.56 Å². The maximum atomic E-state index is 11.6. The van der Waals surface area contributed by atoms with Gasteiger partial charge in [-0.2, -0.15) is 0 Å². The highest BCUT2D eigenvalue weighted by atomic mass is 16.4. The van der Waals surface area contributed by atoms with Crippen molar-refractivity contribution in [2.24, 2.45) is 0 Å². The summed E-state index contributed by atoms with van der Waals surface area (Å²) in [5, 5.41) is 19.3. The molecule has 0 bridgehead atoms. The quantitative estimate of drug-likeness (QED) is 0.838. The van der Waals surface area contributed by atoms with Crippen LogP contribution in [0.1, 0.15) is 41.2 Å². The Kier molecular flexibility index (Phi) is 4.11. The summed E-state index contributed by atoms with van der Waals surface area (Å²) in [7, 11) is 0. The highest BCUT2D eigenvalue weighted by molar-refractivity contribution is 5.93. The Bertz CT molecular complexity index is 763. The van der Waals surface area contributed by atoms with E-state index in [9.17, 15) is 15.0 Å². The van der Waals surface area contributed by atoms with Crippen LogP contribution in [0.4, 0.5) is 0 Å². The van der Waals surface area contributed by atoms with E-state index in [1.54, 1.807) is 32.0 Å². The fourth-order valence-corrected chi connectivity index (χ4v) is 2.30. The zero-order valence-electron chi connectivity index (χ0n) is 13.1. The molecular formula is C18H19NO3. The fourth-order valence-electron chi connectivity index (χ4n) is 2.30. The average Bonchev–Trinajstić information content (AvgIpc) is 2.74. The largest absolute Gasteiger partial charge is 0.478 e. The van der Waals surface area contributed by atoms with Gasteiger partial charge in [-0.3, -0.25) is 0 Å². The van der Waals surface area contributed by atoms with Gasteiger partial charge in [0.05, 0.1) is 11.3 Å². The first-order chi connectivity index (χ1) is 10.2. The van der Waals surface area contributed by atoms with Crippen LogP contribution < -0.4 is 0 Å². The molecule has 0 fully saturated rings. The smallest absolute Gasteiger partial charge is 0.337 e. The number of carbonyl (C=O) groups is 1. The summed E-state index contributed by atoms with van der Waals surface area (Å²) in [6.45, 7) is 7.01. The van der Waals surface area contributed by atoms with Gasteiger partial charge in [0, 0.05) is 17.0 Å². The number of aryl methyl sites for hydroxylation is 2. The number of aromatic carboxylic acids is 1. The summed E-state index contributed by atoms with van der Waals surface area (Å²) in [6, 6.07) is 8.85. The molecule has 0 amide bonds. The van der Waals surface area contributed by atoms with Crippen LogP contribution in [0.2, 0.25) is 0 Å². The second-order valence-corrected chi connectivity index (χ2v) is 5.77. The van der Waals surface area contributed by atoms with Crippen LogP contribution in [-0.2, 0) is 0 Å². The molecule has 4 nitrogen and oxygen atoms in total. The predicted octanol–water partition coefficient (Wildman–Crippen LogP) is 2.91. The minimum absolute atomic E-state index is 0.185. The molecule has 2 rings (SSSR count). The summed E-state index contributed by atoms with van der Waals surface area (Å²) >= 11 is 0. The highest BCUT2D eigenvalue weighted by Gasteiger charge is 2.17. The van der Waals surface area contributed by atoms with E-state index < -0.39 is 11.6 Å². The van der Waals surface area contributed by atoms with E-state index in [4.69, 9.17) is 0 Å². The van der Waals surface area contributed by atoms with Crippen LogP contribution >= 0.6 is 0 Å². The van der Waals surface area contributed by atoms with Gasteiger partial charge in [-0.15, -0.1) is 0 Å². The van der Waals surface area contributed by atoms with Crippen LogP contribution in [0, 0.1) is 25.7 Å². The van der Waals surface area contributed by atoms with Crippen molar-refractivity contribution in [1.82, 2.24) is 4.57 Å². The molecule has 2 N–H and O–H groups in total. The van der Waals surface area contributed by atoms with E-state index in [2.05, 4.69) is 11.8 Å². The predicted molar refractivity (Wildman–Crippen MR) is 85.4 cm³/mol. The van der Waals surface area contributed by atoms with Gasteiger partial charge >= 0.3 is 5.97 Å². The third-order valence-corrected chi connectivity index (χ3v) is 3.26. The van der Waals surface area contributed by atoms with Crippen LogP contribution in [0.15, 0.2) is 30.3 Å². The lowest BCUT2D eigenvalue weighted by atomic mass is 10.0. The number of aliphatic hydroxyl groups is 1. The normalized spacial score (nSPS) is 11.0. The van der Waals surface area contributed by atoms with Crippen LogP contribution in [0.25, 0.3) is 5.69 Å². The summed E-state index contributed by atoms with van der Waals surface area (Å²) in [5.74, 6) is 4.65. The molecule has 1 aromatic carbocycles. The lowest BCUT2D eigenvalue weighted by Crippen LogP contribution is -2.15. The zero-order valence-corrected chi connectivity index (χ0v) is 13.1. The number of hydrogen-bond acceptors (Lipinski definition) is 2. The maximum absolute atomic E-state index is 11.6. The molecule has 0 saturated heterocycles. The molecule has 0 spiro atoms. The number of carboxylic acids is 1. The van der Waals surface area contributed by atoms with Crippen LogP contribution in [0.5, 0.6) is 0 Å². The Morgan fingerprint density at radius 2 is 1.73 bits per heavy atom. The Morgan fingerprint density at radius 3 is 2.23 bits per heavy atom. The number of aromatic nitrogens is 1. The molecule has 0 aliphatic carbocycles. The number of benzene rings is 1. The fraction of sp³-hybridized carbons (Fsp3) is 0.278. The Morgan fingerprint density at radius 1 is 1.14 bits per heavy atom. The molecule has 114 valence electrons. The van der Waals surface area contributed by atoms with Crippen molar-refractivity contribution in [2.45, 2.75) is 33.3 Å². The lowest BCUT2D eigenvalue weighted by Gasteiger charge is -2.15. The molecule has 2 aromatic rings. The van der Waals surface area contributed by atoms with E-state index in [1.807, 2.05) is 30.5 Å². The Balaban J connectivity index is 2.78. The van der Waals surface area contributed by atoms with Gasteiger partial charge in [0.1, 0.15) is 5.60 Å². The summed E-state index contributed by atoms with van der Waals surface area (Å²) < 4.78 is 1.87. The first-order valence-corrected chi connectivity index (χ1v) is 6.98. The van der Waals surface area contributed by atoms with Crippen molar-refractivity contribution >= 4 is 5.97 Å². The molecule has 22 heavy (non-hydrogen) atoms. The first kappa shape index (κ1) is 15.9. The van der Waals surface area contributed by atoms with E-state index in [1.165, 1.54) is 0 Å². The van der Waals surface area contributed by atoms with E-state index in [0.29, 0.717) is 11.3 Å². The van der Waals surface area contributed by atoms with Gasteiger partial charge in [0.15, 0.2) is 0 Å². The van der Waals surface area contributed by atoms with Crippen molar-refractivity contribution in [1.29, 1.82) is 0 Å². The van der Waals surface area contributed by atoms with Crippen LogP contribution in [0.3, 0.4) is 0 Å². The van der Waals surface area contributed by atoms with Crippen LogP contribution in [-0.4, -0.2) is 26.4 Å². The number of para-hydroxylation sites is 1. The monoisotopic (exact) mass is 297 g/mol. The first-order valence-electron chi connectivity index (χ1n) is 6.98. The molecule has 0 unspecified atom stereocenters. The molecule has 0 atom stereocenters. The van der Waals surface area contributed by atoms with Gasteiger partial charge in [-0.1, -0.05) is 17.9 Å². The minimum Gasteiger partial charge on any atom is -0.478 e. The SMILES string of the molecule is Cc1ccc(C)n1-c1c(C#CC(C)(C)O)cccc1C(=O)O. The minimum atomic E-state index is -1.14. The van der Waals surface area contributed by atoms with Gasteiger partial charge < -0.3 is 14.8 Å². The Labute approximate surface area is 130 Å². The number of nitrogens with zero attached hydrogens (tertiary/aromatic N) is 1. The topological polar surface area (TPSA) is 62.5 Å². The summed E-state index contributed by atoms with van der Waals surface area (Å²) in [4.78, 5) is 11.6. The zero-order chi connectivity index (χ0) is 16.5. The van der Waals surface area contributed by atoms with Crippen molar-refractivity contribution in [2.75, 3.05) is 0 Å². The highest BCUT2D eigenvalue weighted by Crippen LogP contribution is 2.24. The molecule has 4 heteroatoms. The number of rotatable bonds is 2. The molecule has 1 heterocycles. The molecule has 0 saturated carbocycles. The third-order valence-electron chi connectivity index (χ3n) is 3.26. The number of hydrogen-bond donors (Lipinski definition) is 2. The van der Waals surface area contributed by atoms with Gasteiger partial charge in [0.2, 0.25) is 0 Å². The molecule has 1 aromatic heterocycles. The van der Waals surface area contributed by atoms with Crippen molar-refractivity contribution in [3.05, 3.63) is 52.8 Å². The van der Waals surface area contributed by atoms with E-state index in [0.717, 1.165) is 11.4 Å². The lowest BCUT2D eigenvalue weighted by molar-refractivity contribution is 0.0697. The van der Waals surface area contributed by atoms with Gasteiger partial charge in [-0.05, 0) is 52.0 Å². The standard InChI is InChI=1S/C18H19NO3/c1-12-8-9-13(2)19(12)16-14(10-11-18(3,4)22)6-5-7-15(16)17(20)21/h5-9,22H,1-4H3,(H,20,21). The summed E-state index contributed by atoms with van der Waals surface area (Å²) in [5.41, 5.74) is 2.01. The van der Waals surface area contributed by atoms with Crippen molar-refractivity contribution in [3.8, 4) is 17.5 Å². The molecule has 0 radical (unpaired) electrons. The van der Waals surface area contributed by atoms with Crippen molar-refractivity contribution in [3.63, 3.8) is 0 Å². The second kappa shape index (κ2) is 5.70. The van der Waals surface area contributed by atoms with Gasteiger partial charge in [0.25, 0.3) is 0 Å². The molecular weight excluding hydrogens is 278 g/mol. The molecule has 0 aliphatic heterocycles. The maximum Gasteiger partial charge on any atom is 0.337 e. The second-order valence-electron chi connectivity index (χ2n) is 5.77. The molecule has 0 aliphatic rings. The third kappa shape index (κ3) is 3.21. The Hall–Kier alpha value is -2.51. The van der Waals surface area contributed by atoms with E-state index >= 15 is 0 Å². The average molecular weight is 297 g/mol. The van der Waals surface area contributed by atoms with Crippen molar-refractivity contribution < 1.29 is 15.0 Å².